The van der Waals surface area contributed by atoms with Crippen molar-refractivity contribution in [1.82, 2.24) is 0 Å². The lowest BCUT2D eigenvalue weighted by Gasteiger charge is -2.27. The Balaban J connectivity index is 1.74. The van der Waals surface area contributed by atoms with Crippen LogP contribution in [0.1, 0.15) is 48.0 Å². The van der Waals surface area contributed by atoms with E-state index >= 15 is 0 Å². The number of aliphatic hydroxyl groups excluding tert-OH is 1. The molecule has 0 heterocycles. The van der Waals surface area contributed by atoms with Crippen LogP contribution >= 0.6 is 11.8 Å². The zero-order chi connectivity index (χ0) is 14.7. The summed E-state index contributed by atoms with van der Waals surface area (Å²) in [6.07, 6.45) is 6.15. The van der Waals surface area contributed by atoms with Crippen LogP contribution in [-0.2, 0) is 6.42 Å². The van der Waals surface area contributed by atoms with E-state index in [4.69, 9.17) is 0 Å². The Kier molecular flexibility index (Phi) is 4.67. The number of aryl methyl sites for hydroxylation is 1. The summed E-state index contributed by atoms with van der Waals surface area (Å²) in [4.78, 5) is 1.24. The molecular formula is C19H22OS. The standard InChI is InChI=1S/C19H22OS/c1-21-17-11-9-15(10-12-17)19(20)13-16-7-4-6-14-5-2-3-8-18(14)16/h2-3,5,8-12,16,19-20H,4,6-7,13H2,1H3. The highest BCUT2D eigenvalue weighted by atomic mass is 32.2. The summed E-state index contributed by atoms with van der Waals surface area (Å²) in [6.45, 7) is 0. The minimum Gasteiger partial charge on any atom is -0.388 e. The van der Waals surface area contributed by atoms with Gasteiger partial charge in [0.1, 0.15) is 0 Å². The molecule has 0 saturated heterocycles. The fourth-order valence-corrected chi connectivity index (χ4v) is 3.74. The van der Waals surface area contributed by atoms with Crippen molar-refractivity contribution in [1.29, 1.82) is 0 Å². The van der Waals surface area contributed by atoms with Crippen molar-refractivity contribution in [2.24, 2.45) is 0 Å². The summed E-state index contributed by atoms with van der Waals surface area (Å²) in [5.41, 5.74) is 3.96. The van der Waals surface area contributed by atoms with Crippen molar-refractivity contribution < 1.29 is 5.11 Å². The third-order valence-corrected chi connectivity index (χ3v) is 5.25. The van der Waals surface area contributed by atoms with Gasteiger partial charge in [-0.15, -0.1) is 11.8 Å². The molecule has 3 rings (SSSR count). The highest BCUT2D eigenvalue weighted by molar-refractivity contribution is 7.98. The van der Waals surface area contributed by atoms with Gasteiger partial charge < -0.3 is 5.11 Å². The van der Waals surface area contributed by atoms with Gasteiger partial charge in [-0.05, 0) is 66.7 Å². The quantitative estimate of drug-likeness (QED) is 0.806. The second-order valence-corrected chi connectivity index (χ2v) is 6.69. The minimum absolute atomic E-state index is 0.364. The lowest BCUT2D eigenvalue weighted by molar-refractivity contribution is 0.154. The maximum atomic E-state index is 10.6. The SMILES string of the molecule is CSc1ccc(C(O)CC2CCCc3ccccc32)cc1. The highest BCUT2D eigenvalue weighted by Gasteiger charge is 2.23. The van der Waals surface area contributed by atoms with Crippen molar-refractivity contribution in [3.63, 3.8) is 0 Å². The molecule has 1 nitrogen and oxygen atoms in total. The Morgan fingerprint density at radius 3 is 2.67 bits per heavy atom. The molecule has 2 unspecified atom stereocenters. The molecule has 1 aliphatic rings. The molecule has 2 aromatic carbocycles. The number of fused-ring (bicyclic) bond motifs is 1. The molecule has 0 aromatic heterocycles. The van der Waals surface area contributed by atoms with Crippen LogP contribution in [0.2, 0.25) is 0 Å². The van der Waals surface area contributed by atoms with Gasteiger partial charge in [-0.3, -0.25) is 0 Å². The van der Waals surface area contributed by atoms with Gasteiger partial charge in [0.05, 0.1) is 6.10 Å². The van der Waals surface area contributed by atoms with Gasteiger partial charge in [0.25, 0.3) is 0 Å². The number of benzene rings is 2. The van der Waals surface area contributed by atoms with E-state index in [-0.39, 0.29) is 6.10 Å². The van der Waals surface area contributed by atoms with Crippen molar-refractivity contribution >= 4 is 11.8 Å². The van der Waals surface area contributed by atoms with Crippen molar-refractivity contribution in [2.45, 2.75) is 42.6 Å². The van der Waals surface area contributed by atoms with E-state index in [1.54, 1.807) is 11.8 Å². The van der Waals surface area contributed by atoms with E-state index in [9.17, 15) is 5.11 Å². The predicted octanol–water partition coefficient (Wildman–Crippen LogP) is 4.95. The van der Waals surface area contributed by atoms with Gasteiger partial charge in [-0.2, -0.15) is 0 Å². The second kappa shape index (κ2) is 6.67. The van der Waals surface area contributed by atoms with Crippen LogP contribution in [0.25, 0.3) is 0 Å². The molecule has 0 saturated carbocycles. The molecule has 0 bridgehead atoms. The lowest BCUT2D eigenvalue weighted by atomic mass is 9.79. The maximum Gasteiger partial charge on any atom is 0.0795 e. The van der Waals surface area contributed by atoms with Gasteiger partial charge in [-0.25, -0.2) is 0 Å². The first kappa shape index (κ1) is 14.7. The Morgan fingerprint density at radius 1 is 1.14 bits per heavy atom. The van der Waals surface area contributed by atoms with E-state index in [2.05, 4.69) is 54.8 Å². The smallest absolute Gasteiger partial charge is 0.0795 e. The molecule has 0 radical (unpaired) electrons. The van der Waals surface area contributed by atoms with Crippen LogP contribution in [0.5, 0.6) is 0 Å². The molecule has 0 fully saturated rings. The average Bonchev–Trinajstić information content (AvgIpc) is 2.55. The summed E-state index contributed by atoms with van der Waals surface area (Å²) in [7, 11) is 0. The van der Waals surface area contributed by atoms with Crippen LogP contribution in [0.15, 0.2) is 53.4 Å². The Bertz CT molecular complexity index is 591. The van der Waals surface area contributed by atoms with Crippen LogP contribution in [0.4, 0.5) is 0 Å². The van der Waals surface area contributed by atoms with Crippen LogP contribution < -0.4 is 0 Å². The number of aliphatic hydroxyl groups is 1. The van der Waals surface area contributed by atoms with Gasteiger partial charge in [0.15, 0.2) is 0 Å². The summed E-state index contributed by atoms with van der Waals surface area (Å²) < 4.78 is 0. The number of rotatable bonds is 4. The van der Waals surface area contributed by atoms with E-state index in [1.807, 2.05) is 0 Å². The summed E-state index contributed by atoms with van der Waals surface area (Å²) in [5, 5.41) is 10.6. The first-order chi connectivity index (χ1) is 10.3. The van der Waals surface area contributed by atoms with E-state index < -0.39 is 0 Å². The molecule has 21 heavy (non-hydrogen) atoms. The van der Waals surface area contributed by atoms with Crippen molar-refractivity contribution in [3.8, 4) is 0 Å². The van der Waals surface area contributed by atoms with Gasteiger partial charge in [0.2, 0.25) is 0 Å². The second-order valence-electron chi connectivity index (χ2n) is 5.81. The van der Waals surface area contributed by atoms with Crippen LogP contribution in [0, 0.1) is 0 Å². The molecule has 2 atom stereocenters. The molecule has 110 valence electrons. The number of thioether (sulfide) groups is 1. The molecule has 0 amide bonds. The van der Waals surface area contributed by atoms with Crippen LogP contribution in [-0.4, -0.2) is 11.4 Å². The molecular weight excluding hydrogens is 276 g/mol. The molecule has 1 N–H and O–H groups in total. The first-order valence-electron chi connectivity index (χ1n) is 7.67. The van der Waals surface area contributed by atoms with Gasteiger partial charge in [0, 0.05) is 4.90 Å². The molecule has 2 heteroatoms. The first-order valence-corrected chi connectivity index (χ1v) is 8.90. The molecule has 0 spiro atoms. The van der Waals surface area contributed by atoms with Crippen LogP contribution in [0.3, 0.4) is 0 Å². The average molecular weight is 298 g/mol. The maximum absolute atomic E-state index is 10.6. The lowest BCUT2D eigenvalue weighted by Crippen LogP contribution is -2.13. The summed E-state index contributed by atoms with van der Waals surface area (Å²) in [6, 6.07) is 17.0. The zero-order valence-electron chi connectivity index (χ0n) is 12.5. The summed E-state index contributed by atoms with van der Waals surface area (Å²) >= 11 is 1.73. The minimum atomic E-state index is -0.364. The third-order valence-electron chi connectivity index (χ3n) is 4.50. The molecule has 2 aromatic rings. The molecule has 1 aliphatic carbocycles. The highest BCUT2D eigenvalue weighted by Crippen LogP contribution is 2.37. The van der Waals surface area contributed by atoms with E-state index in [1.165, 1.54) is 35.3 Å². The summed E-state index contributed by atoms with van der Waals surface area (Å²) in [5.74, 6) is 0.491. The largest absolute Gasteiger partial charge is 0.388 e. The van der Waals surface area contributed by atoms with E-state index in [0.29, 0.717) is 5.92 Å². The van der Waals surface area contributed by atoms with Gasteiger partial charge in [-0.1, -0.05) is 36.4 Å². The topological polar surface area (TPSA) is 20.2 Å². The van der Waals surface area contributed by atoms with Crippen molar-refractivity contribution in [3.05, 3.63) is 65.2 Å². The Hall–Kier alpha value is -1.25. The Labute approximate surface area is 131 Å². The predicted molar refractivity (Wildman–Crippen MR) is 89.9 cm³/mol. The normalized spacial score (nSPS) is 19.0. The third kappa shape index (κ3) is 3.33. The Morgan fingerprint density at radius 2 is 1.90 bits per heavy atom. The van der Waals surface area contributed by atoms with Gasteiger partial charge >= 0.3 is 0 Å². The fraction of sp³-hybridized carbons (Fsp3) is 0.368. The zero-order valence-corrected chi connectivity index (χ0v) is 13.3. The fourth-order valence-electron chi connectivity index (χ4n) is 3.33. The van der Waals surface area contributed by atoms with Crippen molar-refractivity contribution in [2.75, 3.05) is 6.26 Å². The number of hydrogen-bond acceptors (Lipinski definition) is 2. The van der Waals surface area contributed by atoms with E-state index in [0.717, 1.165) is 12.0 Å². The monoisotopic (exact) mass is 298 g/mol. The molecule has 0 aliphatic heterocycles. The number of hydrogen-bond donors (Lipinski definition) is 1.